The highest BCUT2D eigenvalue weighted by atomic mass is 19.1. The molecule has 5 rings (SSSR count). The number of carbonyl (C=O) groups excluding carboxylic acids is 2. The van der Waals surface area contributed by atoms with Gasteiger partial charge >= 0.3 is 0 Å². The Hall–Kier alpha value is -4.01. The number of nitrogens with one attached hydrogen (secondary N) is 2. The molecule has 0 bridgehead atoms. The van der Waals surface area contributed by atoms with Crippen LogP contribution in [0, 0.1) is 11.2 Å². The van der Waals surface area contributed by atoms with Crippen LogP contribution in [0.4, 0.5) is 4.39 Å². The van der Waals surface area contributed by atoms with Gasteiger partial charge in [0.15, 0.2) is 5.69 Å². The van der Waals surface area contributed by atoms with Crippen LogP contribution in [0.3, 0.4) is 0 Å². The quantitative estimate of drug-likeness (QED) is 0.346. The zero-order valence-electron chi connectivity index (χ0n) is 22.9. The summed E-state index contributed by atoms with van der Waals surface area (Å²) in [4.78, 5) is 26.9. The maximum Gasteiger partial charge on any atom is 0.273 e. The summed E-state index contributed by atoms with van der Waals surface area (Å²) in [5.41, 5.74) is 3.34. The molecule has 9 heteroatoms. The molecule has 0 radical (unpaired) electrons. The predicted molar refractivity (Wildman–Crippen MR) is 148 cm³/mol. The van der Waals surface area contributed by atoms with E-state index in [0.29, 0.717) is 17.8 Å². The van der Waals surface area contributed by atoms with Crippen molar-refractivity contribution in [2.75, 3.05) is 0 Å². The van der Waals surface area contributed by atoms with Crippen molar-refractivity contribution in [3.8, 4) is 0 Å². The topological polar surface area (TPSA) is 93.8 Å². The summed E-state index contributed by atoms with van der Waals surface area (Å²) < 4.78 is 17.0. The number of halogens is 1. The van der Waals surface area contributed by atoms with Gasteiger partial charge in [-0.25, -0.2) is 4.39 Å². The fourth-order valence-electron chi connectivity index (χ4n) is 5.05. The Balaban J connectivity index is 1.33. The lowest BCUT2D eigenvalue weighted by molar-refractivity contribution is -0.125. The first kappa shape index (κ1) is 26.6. The second kappa shape index (κ2) is 10.6. The number of nitrogens with zero attached hydrogens (tertiary/aromatic N) is 4. The summed E-state index contributed by atoms with van der Waals surface area (Å²) in [6.07, 6.45) is 3.60. The Labute approximate surface area is 227 Å². The van der Waals surface area contributed by atoms with Crippen LogP contribution in [-0.2, 0) is 24.9 Å². The number of fused-ring (bicyclic) bond motifs is 1. The largest absolute Gasteiger partial charge is 0.349 e. The molecule has 1 atom stereocenters. The monoisotopic (exact) mass is 530 g/mol. The van der Waals surface area contributed by atoms with Crippen molar-refractivity contribution in [3.63, 3.8) is 0 Å². The second-order valence-corrected chi connectivity index (χ2v) is 11.5. The summed E-state index contributed by atoms with van der Waals surface area (Å²) in [6.45, 7) is 6.41. The summed E-state index contributed by atoms with van der Waals surface area (Å²) in [5, 5.41) is 15.8. The number of benzene rings is 2. The first-order valence-corrected chi connectivity index (χ1v) is 13.4. The first-order chi connectivity index (χ1) is 18.6. The zero-order valence-corrected chi connectivity index (χ0v) is 22.9. The SMILES string of the molecule is Cn1nc(CNC(=O)[C@@H](NC(=O)c2nn(Cc3ccc(F)cc3)c3ccccc23)C(C)(C)C)cc1C1CCC1. The van der Waals surface area contributed by atoms with Crippen LogP contribution in [0.5, 0.6) is 0 Å². The van der Waals surface area contributed by atoms with Crippen LogP contribution in [0.15, 0.2) is 54.6 Å². The van der Waals surface area contributed by atoms with Gasteiger partial charge in [0.2, 0.25) is 5.91 Å². The first-order valence-electron chi connectivity index (χ1n) is 13.4. The normalized spacial score (nSPS) is 14.7. The number of aryl methyl sites for hydroxylation is 1. The molecule has 1 fully saturated rings. The maximum atomic E-state index is 13.5. The summed E-state index contributed by atoms with van der Waals surface area (Å²) in [7, 11) is 1.94. The number of amides is 2. The minimum atomic E-state index is -0.791. The average Bonchev–Trinajstić information content (AvgIpc) is 3.41. The van der Waals surface area contributed by atoms with E-state index in [-0.39, 0.29) is 24.0 Å². The van der Waals surface area contributed by atoms with Gasteiger partial charge in [0, 0.05) is 24.0 Å². The lowest BCUT2D eigenvalue weighted by Gasteiger charge is -2.30. The van der Waals surface area contributed by atoms with E-state index in [1.54, 1.807) is 16.8 Å². The second-order valence-electron chi connectivity index (χ2n) is 11.5. The van der Waals surface area contributed by atoms with E-state index in [9.17, 15) is 14.0 Å². The molecule has 0 saturated heterocycles. The van der Waals surface area contributed by atoms with Crippen molar-refractivity contribution in [3.05, 3.63) is 83.1 Å². The van der Waals surface area contributed by atoms with Crippen LogP contribution in [-0.4, -0.2) is 37.4 Å². The molecule has 2 aromatic carbocycles. The van der Waals surface area contributed by atoms with E-state index in [2.05, 4.69) is 26.9 Å². The summed E-state index contributed by atoms with van der Waals surface area (Å²) >= 11 is 0. The molecular formula is C30H35FN6O2. The molecule has 39 heavy (non-hydrogen) atoms. The number of rotatable bonds is 8. The average molecular weight is 531 g/mol. The van der Waals surface area contributed by atoms with E-state index in [1.807, 2.05) is 56.8 Å². The highest BCUT2D eigenvalue weighted by molar-refractivity contribution is 6.06. The molecule has 2 aromatic heterocycles. The van der Waals surface area contributed by atoms with Crippen molar-refractivity contribution >= 4 is 22.7 Å². The van der Waals surface area contributed by atoms with Gasteiger partial charge in [-0.3, -0.25) is 19.0 Å². The van der Waals surface area contributed by atoms with E-state index in [4.69, 9.17) is 0 Å². The van der Waals surface area contributed by atoms with Crippen LogP contribution < -0.4 is 10.6 Å². The molecule has 1 aliphatic rings. The van der Waals surface area contributed by atoms with Crippen LogP contribution in [0.2, 0.25) is 0 Å². The van der Waals surface area contributed by atoms with Gasteiger partial charge in [0.25, 0.3) is 5.91 Å². The third-order valence-electron chi connectivity index (χ3n) is 7.46. The number of carbonyl (C=O) groups is 2. The van der Waals surface area contributed by atoms with Crippen LogP contribution in [0.25, 0.3) is 10.9 Å². The standard InChI is InChI=1S/C30H35FN6O2/c1-30(2,3)27(29(39)32-17-22-16-25(36(4)34-22)20-8-7-9-20)33-28(38)26-23-10-5-6-11-24(23)37(35-26)18-19-12-14-21(31)15-13-19/h5-6,10-16,20,27H,7-9,17-18H2,1-4H3,(H,32,39)(H,33,38)/t27-/m1/s1. The van der Waals surface area contributed by atoms with E-state index in [1.165, 1.54) is 37.1 Å². The smallest absolute Gasteiger partial charge is 0.273 e. The van der Waals surface area contributed by atoms with Gasteiger partial charge in [0.05, 0.1) is 24.3 Å². The Morgan fingerprint density at radius 2 is 1.79 bits per heavy atom. The number of hydrogen-bond donors (Lipinski definition) is 2. The van der Waals surface area contributed by atoms with Crippen LogP contribution >= 0.6 is 0 Å². The molecule has 0 unspecified atom stereocenters. The molecule has 0 aliphatic heterocycles. The minimum absolute atomic E-state index is 0.240. The van der Waals surface area contributed by atoms with Gasteiger partial charge in [-0.1, -0.05) is 57.5 Å². The fraction of sp³-hybridized carbons (Fsp3) is 0.400. The van der Waals surface area contributed by atoms with E-state index in [0.717, 1.165) is 16.8 Å². The molecule has 4 aromatic rings. The maximum absolute atomic E-state index is 13.5. The number of hydrogen-bond acceptors (Lipinski definition) is 4. The van der Waals surface area contributed by atoms with Gasteiger partial charge in [-0.2, -0.15) is 10.2 Å². The van der Waals surface area contributed by atoms with Gasteiger partial charge < -0.3 is 10.6 Å². The van der Waals surface area contributed by atoms with Crippen LogP contribution in [0.1, 0.15) is 73.4 Å². The Morgan fingerprint density at radius 3 is 2.46 bits per heavy atom. The van der Waals surface area contributed by atoms with Crippen molar-refractivity contribution in [2.24, 2.45) is 12.5 Å². The fourth-order valence-corrected chi connectivity index (χ4v) is 5.05. The molecule has 1 saturated carbocycles. The lowest BCUT2D eigenvalue weighted by Crippen LogP contribution is -2.53. The third-order valence-corrected chi connectivity index (χ3v) is 7.46. The number of aromatic nitrogens is 4. The van der Waals surface area contributed by atoms with Gasteiger partial charge in [-0.15, -0.1) is 0 Å². The minimum Gasteiger partial charge on any atom is -0.349 e. The van der Waals surface area contributed by atoms with E-state index >= 15 is 0 Å². The highest BCUT2D eigenvalue weighted by Crippen LogP contribution is 2.36. The molecule has 2 heterocycles. The lowest BCUT2D eigenvalue weighted by atomic mass is 9.83. The zero-order chi connectivity index (χ0) is 27.7. The predicted octanol–water partition coefficient (Wildman–Crippen LogP) is 4.69. The molecular weight excluding hydrogens is 495 g/mol. The van der Waals surface area contributed by atoms with Gasteiger partial charge in [0.1, 0.15) is 11.9 Å². The molecule has 2 amide bonds. The summed E-state index contributed by atoms with van der Waals surface area (Å²) in [6, 6.07) is 14.9. The van der Waals surface area contributed by atoms with Crippen molar-refractivity contribution < 1.29 is 14.0 Å². The Kier molecular flexibility index (Phi) is 7.25. The van der Waals surface area contributed by atoms with Gasteiger partial charge in [-0.05, 0) is 48.1 Å². The van der Waals surface area contributed by atoms with Crippen molar-refractivity contribution in [1.29, 1.82) is 0 Å². The van der Waals surface area contributed by atoms with Crippen molar-refractivity contribution in [2.45, 2.75) is 65.1 Å². The summed E-state index contributed by atoms with van der Waals surface area (Å²) in [5.74, 6) is -0.463. The highest BCUT2D eigenvalue weighted by Gasteiger charge is 2.34. The third kappa shape index (κ3) is 5.72. The molecule has 0 spiro atoms. The Bertz CT molecular complexity index is 1490. The molecule has 8 nitrogen and oxygen atoms in total. The van der Waals surface area contributed by atoms with Crippen molar-refractivity contribution in [1.82, 2.24) is 30.2 Å². The Morgan fingerprint density at radius 1 is 1.08 bits per heavy atom. The molecule has 1 aliphatic carbocycles. The molecule has 204 valence electrons. The number of para-hydroxylation sites is 1. The molecule has 2 N–H and O–H groups in total. The van der Waals surface area contributed by atoms with E-state index < -0.39 is 17.4 Å².